The number of carboxylic acids is 1. The maximum absolute atomic E-state index is 11.4. The lowest BCUT2D eigenvalue weighted by molar-refractivity contribution is 0.0690. The van der Waals surface area contributed by atoms with Gasteiger partial charge in [0.15, 0.2) is 5.69 Å². The number of carbonyl (C=O) groups excluding carboxylic acids is 1. The van der Waals surface area contributed by atoms with Crippen molar-refractivity contribution in [2.75, 3.05) is 20.3 Å². The van der Waals surface area contributed by atoms with Crippen LogP contribution in [-0.2, 0) is 0 Å². The van der Waals surface area contributed by atoms with Gasteiger partial charge in [0.2, 0.25) is 0 Å². The molecule has 0 saturated heterocycles. The number of aromatic nitrogens is 2. The summed E-state index contributed by atoms with van der Waals surface area (Å²) in [4.78, 5) is 22.1. The summed E-state index contributed by atoms with van der Waals surface area (Å²) in [5.41, 5.74) is 7.02. The number of carbonyl (C=O) groups is 2. The summed E-state index contributed by atoms with van der Waals surface area (Å²) in [6.45, 7) is 0.568. The average Bonchev–Trinajstić information content (AvgIpc) is 3.17. The molecule has 3 aromatic rings. The quantitative estimate of drug-likeness (QED) is 0.501. The summed E-state index contributed by atoms with van der Waals surface area (Å²) >= 11 is 0. The van der Waals surface area contributed by atoms with Crippen molar-refractivity contribution in [1.82, 2.24) is 15.1 Å². The van der Waals surface area contributed by atoms with Crippen LogP contribution in [0.1, 0.15) is 10.5 Å². The first-order valence-electron chi connectivity index (χ1n) is 8.72. The number of benzene rings is 2. The molecular weight excluding hydrogens is 376 g/mol. The van der Waals surface area contributed by atoms with Crippen molar-refractivity contribution < 1.29 is 24.2 Å². The van der Waals surface area contributed by atoms with E-state index in [2.05, 4.69) is 10.4 Å². The van der Waals surface area contributed by atoms with E-state index in [1.165, 1.54) is 6.07 Å². The average molecular weight is 396 g/mol. The van der Waals surface area contributed by atoms with Crippen LogP contribution in [0.15, 0.2) is 54.6 Å². The maximum Gasteiger partial charge on any atom is 0.356 e. The number of aromatic carboxylic acids is 1. The standard InChI is InChI=1S/C20H20N4O5/c1-28-15-8-4-14(5-9-15)24-18(12-17(23-24)19(25)26)13-2-6-16(7-3-13)29-11-10-22-20(21)27/h2-9,12H,10-11H2,1H3,(H,25,26)(H3,21,22,27). The van der Waals surface area contributed by atoms with Crippen LogP contribution < -0.4 is 20.5 Å². The molecule has 0 aliphatic rings. The monoisotopic (exact) mass is 396 g/mol. The van der Waals surface area contributed by atoms with E-state index < -0.39 is 12.0 Å². The Kier molecular flexibility index (Phi) is 5.98. The highest BCUT2D eigenvalue weighted by molar-refractivity contribution is 5.87. The minimum Gasteiger partial charge on any atom is -0.497 e. The van der Waals surface area contributed by atoms with Crippen molar-refractivity contribution in [2.24, 2.45) is 5.73 Å². The lowest BCUT2D eigenvalue weighted by Crippen LogP contribution is -2.32. The van der Waals surface area contributed by atoms with Crippen LogP contribution >= 0.6 is 0 Å². The number of nitrogens with two attached hydrogens (primary N) is 1. The zero-order chi connectivity index (χ0) is 20.8. The number of rotatable bonds is 8. The van der Waals surface area contributed by atoms with Crippen LogP contribution in [0, 0.1) is 0 Å². The third-order valence-corrected chi connectivity index (χ3v) is 4.07. The Hall–Kier alpha value is -4.01. The molecule has 0 fully saturated rings. The minimum atomic E-state index is -1.11. The predicted octanol–water partition coefficient (Wildman–Crippen LogP) is 2.29. The fourth-order valence-electron chi connectivity index (χ4n) is 2.68. The second kappa shape index (κ2) is 8.79. The SMILES string of the molecule is COc1ccc(-n2nc(C(=O)O)cc2-c2ccc(OCCNC(N)=O)cc2)cc1. The van der Waals surface area contributed by atoms with Crippen LogP contribution in [0.2, 0.25) is 0 Å². The van der Waals surface area contributed by atoms with E-state index in [0.29, 0.717) is 29.4 Å². The van der Waals surface area contributed by atoms with Gasteiger partial charge in [-0.3, -0.25) is 0 Å². The van der Waals surface area contributed by atoms with Gasteiger partial charge in [-0.15, -0.1) is 0 Å². The summed E-state index contributed by atoms with van der Waals surface area (Å²) in [5, 5.41) is 16.0. The molecule has 29 heavy (non-hydrogen) atoms. The Balaban J connectivity index is 1.85. The molecule has 0 atom stereocenters. The van der Waals surface area contributed by atoms with Gasteiger partial charge in [0.25, 0.3) is 0 Å². The molecule has 3 rings (SSSR count). The van der Waals surface area contributed by atoms with Crippen molar-refractivity contribution in [1.29, 1.82) is 0 Å². The molecule has 0 radical (unpaired) electrons. The van der Waals surface area contributed by atoms with E-state index in [1.54, 1.807) is 60.3 Å². The largest absolute Gasteiger partial charge is 0.497 e. The van der Waals surface area contributed by atoms with Crippen LogP contribution in [0.3, 0.4) is 0 Å². The highest BCUT2D eigenvalue weighted by Crippen LogP contribution is 2.27. The number of urea groups is 1. The summed E-state index contributed by atoms with van der Waals surface area (Å²) in [6.07, 6.45) is 0. The minimum absolute atomic E-state index is 0.0614. The molecule has 0 aliphatic heterocycles. The van der Waals surface area contributed by atoms with Gasteiger partial charge >= 0.3 is 12.0 Å². The zero-order valence-corrected chi connectivity index (χ0v) is 15.7. The summed E-state index contributed by atoms with van der Waals surface area (Å²) in [7, 11) is 1.57. The highest BCUT2D eigenvalue weighted by Gasteiger charge is 2.16. The number of nitrogens with one attached hydrogen (secondary N) is 1. The first-order valence-corrected chi connectivity index (χ1v) is 8.72. The highest BCUT2D eigenvalue weighted by atomic mass is 16.5. The third kappa shape index (κ3) is 4.83. The first-order chi connectivity index (χ1) is 14.0. The van der Waals surface area contributed by atoms with Crippen molar-refractivity contribution in [2.45, 2.75) is 0 Å². The molecule has 4 N–H and O–H groups in total. The van der Waals surface area contributed by atoms with Crippen LogP contribution in [0.5, 0.6) is 11.5 Å². The van der Waals surface area contributed by atoms with Crippen LogP contribution in [-0.4, -0.2) is 47.1 Å². The summed E-state index contributed by atoms with van der Waals surface area (Å²) in [5.74, 6) is 0.183. The second-order valence-corrected chi connectivity index (χ2v) is 5.99. The lowest BCUT2D eigenvalue weighted by atomic mass is 10.1. The molecule has 0 aliphatic carbocycles. The topological polar surface area (TPSA) is 129 Å². The van der Waals surface area contributed by atoms with Gasteiger partial charge in [-0.2, -0.15) is 5.10 Å². The normalized spacial score (nSPS) is 10.4. The van der Waals surface area contributed by atoms with E-state index in [1.807, 2.05) is 0 Å². The number of amides is 2. The molecular formula is C20H20N4O5. The molecule has 1 heterocycles. The van der Waals surface area contributed by atoms with Crippen LogP contribution in [0.4, 0.5) is 4.79 Å². The Morgan fingerprint density at radius 2 is 1.76 bits per heavy atom. The van der Waals surface area contributed by atoms with Crippen LogP contribution in [0.25, 0.3) is 16.9 Å². The Morgan fingerprint density at radius 3 is 2.34 bits per heavy atom. The fraction of sp³-hybridized carbons (Fsp3) is 0.150. The number of primary amides is 1. The number of hydrogen-bond donors (Lipinski definition) is 3. The zero-order valence-electron chi connectivity index (χ0n) is 15.7. The van der Waals surface area contributed by atoms with E-state index >= 15 is 0 Å². The van der Waals surface area contributed by atoms with Crippen molar-refractivity contribution >= 4 is 12.0 Å². The van der Waals surface area contributed by atoms with Gasteiger partial charge in [-0.05, 0) is 54.6 Å². The number of ether oxygens (including phenoxy) is 2. The van der Waals surface area contributed by atoms with Gasteiger partial charge in [-0.1, -0.05) is 0 Å². The van der Waals surface area contributed by atoms with Gasteiger partial charge in [0.1, 0.15) is 18.1 Å². The first kappa shape index (κ1) is 19.7. The molecule has 2 amide bonds. The lowest BCUT2D eigenvalue weighted by Gasteiger charge is -2.10. The summed E-state index contributed by atoms with van der Waals surface area (Å²) < 4.78 is 12.3. The Labute approximate surface area is 166 Å². The van der Waals surface area contributed by atoms with Gasteiger partial charge in [-0.25, -0.2) is 14.3 Å². The van der Waals surface area contributed by atoms with Crippen molar-refractivity contribution in [3.63, 3.8) is 0 Å². The fourth-order valence-corrected chi connectivity index (χ4v) is 2.68. The van der Waals surface area contributed by atoms with Gasteiger partial charge in [0, 0.05) is 5.56 Å². The smallest absolute Gasteiger partial charge is 0.356 e. The predicted molar refractivity (Wildman–Crippen MR) is 106 cm³/mol. The third-order valence-electron chi connectivity index (χ3n) is 4.07. The van der Waals surface area contributed by atoms with Gasteiger partial charge < -0.3 is 25.6 Å². The number of methoxy groups -OCH3 is 1. The molecule has 0 saturated carbocycles. The number of carboxylic acid groups (broad SMARTS) is 1. The summed E-state index contributed by atoms with van der Waals surface area (Å²) in [6, 6.07) is 15.2. The van der Waals surface area contributed by atoms with E-state index in [0.717, 1.165) is 5.56 Å². The molecule has 0 unspecified atom stereocenters. The molecule has 0 bridgehead atoms. The molecule has 1 aromatic heterocycles. The molecule has 9 heteroatoms. The van der Waals surface area contributed by atoms with Gasteiger partial charge in [0.05, 0.1) is 25.0 Å². The Morgan fingerprint density at radius 1 is 1.10 bits per heavy atom. The molecule has 9 nitrogen and oxygen atoms in total. The molecule has 150 valence electrons. The molecule has 2 aromatic carbocycles. The van der Waals surface area contributed by atoms with Crippen molar-refractivity contribution in [3.8, 4) is 28.4 Å². The van der Waals surface area contributed by atoms with E-state index in [9.17, 15) is 14.7 Å². The number of hydrogen-bond acceptors (Lipinski definition) is 5. The van der Waals surface area contributed by atoms with Crippen molar-refractivity contribution in [3.05, 3.63) is 60.3 Å². The Bertz CT molecular complexity index is 997. The number of nitrogens with zero attached hydrogens (tertiary/aromatic N) is 2. The van der Waals surface area contributed by atoms with E-state index in [-0.39, 0.29) is 12.3 Å². The maximum atomic E-state index is 11.4. The second-order valence-electron chi connectivity index (χ2n) is 5.99. The molecule has 0 spiro atoms. The van der Waals surface area contributed by atoms with E-state index in [4.69, 9.17) is 15.2 Å².